The number of aromatic nitrogens is 4. The number of halogens is 2. The second kappa shape index (κ2) is 8.31. The Morgan fingerprint density at radius 2 is 2.14 bits per heavy atom. The highest BCUT2D eigenvalue weighted by atomic mass is 79.9. The number of aromatic amines is 1. The van der Waals surface area contributed by atoms with Gasteiger partial charge < -0.3 is 10.4 Å². The molecule has 114 valence electrons. The smallest absolute Gasteiger partial charge is 0.127 e. The molecule has 2 heterocycles. The van der Waals surface area contributed by atoms with Crippen LogP contribution in [0.2, 0.25) is 5.02 Å². The summed E-state index contributed by atoms with van der Waals surface area (Å²) < 4.78 is 0.802. The molecule has 2 aromatic rings. The van der Waals surface area contributed by atoms with E-state index in [2.05, 4.69) is 41.6 Å². The van der Waals surface area contributed by atoms with E-state index in [1.807, 2.05) is 0 Å². The molecule has 0 saturated heterocycles. The van der Waals surface area contributed by atoms with Crippen LogP contribution in [0.15, 0.2) is 29.1 Å². The molecule has 0 aliphatic heterocycles. The first-order chi connectivity index (χ1) is 10.1. The Morgan fingerprint density at radius 1 is 1.38 bits per heavy atom. The van der Waals surface area contributed by atoms with E-state index in [1.165, 1.54) is 0 Å². The van der Waals surface area contributed by atoms with Gasteiger partial charge in [0.25, 0.3) is 0 Å². The van der Waals surface area contributed by atoms with E-state index in [1.54, 1.807) is 24.7 Å². The molecule has 0 amide bonds. The van der Waals surface area contributed by atoms with Crippen molar-refractivity contribution in [3.63, 3.8) is 0 Å². The molecule has 0 aromatic carbocycles. The van der Waals surface area contributed by atoms with E-state index in [4.69, 9.17) is 11.6 Å². The van der Waals surface area contributed by atoms with Crippen LogP contribution in [0, 0.1) is 5.92 Å². The summed E-state index contributed by atoms with van der Waals surface area (Å²) in [7, 11) is 0. The molecule has 2 aromatic heterocycles. The highest BCUT2D eigenvalue weighted by molar-refractivity contribution is 9.10. The maximum absolute atomic E-state index is 9.41. The van der Waals surface area contributed by atoms with Crippen molar-refractivity contribution in [1.82, 2.24) is 20.4 Å². The van der Waals surface area contributed by atoms with Crippen LogP contribution in [0.3, 0.4) is 0 Å². The van der Waals surface area contributed by atoms with Crippen molar-refractivity contribution in [1.29, 1.82) is 0 Å². The number of hydrogen-bond acceptors (Lipinski definition) is 5. The number of H-pyrrole nitrogens is 1. The van der Waals surface area contributed by atoms with E-state index in [0.717, 1.165) is 36.1 Å². The predicted molar refractivity (Wildman–Crippen MR) is 85.2 cm³/mol. The second-order valence-corrected chi connectivity index (χ2v) is 6.12. The van der Waals surface area contributed by atoms with Gasteiger partial charge in [-0.05, 0) is 41.1 Å². The molecule has 1 aliphatic carbocycles. The number of hydrogen-bond donors (Lipinski definition) is 3. The number of nitrogens with zero attached hydrogens (tertiary/aromatic N) is 3. The summed E-state index contributed by atoms with van der Waals surface area (Å²) in [6.45, 7) is 0.849. The van der Waals surface area contributed by atoms with E-state index in [9.17, 15) is 5.11 Å². The molecule has 0 bridgehead atoms. The Labute approximate surface area is 136 Å². The lowest BCUT2D eigenvalue weighted by Crippen LogP contribution is -2.13. The molecule has 1 fully saturated rings. The van der Waals surface area contributed by atoms with Crippen LogP contribution in [0.25, 0.3) is 0 Å². The van der Waals surface area contributed by atoms with Crippen LogP contribution in [0.1, 0.15) is 19.3 Å². The van der Waals surface area contributed by atoms with E-state index >= 15 is 0 Å². The number of rotatable bonds is 3. The number of anilines is 1. The molecule has 21 heavy (non-hydrogen) atoms. The maximum atomic E-state index is 9.41. The average molecular weight is 375 g/mol. The first kappa shape index (κ1) is 16.2. The topological polar surface area (TPSA) is 86.7 Å². The van der Waals surface area contributed by atoms with Crippen molar-refractivity contribution >= 4 is 33.3 Å². The summed E-state index contributed by atoms with van der Waals surface area (Å²) in [5.41, 5.74) is 0. The van der Waals surface area contributed by atoms with Crippen molar-refractivity contribution in [2.24, 2.45) is 5.92 Å². The third-order valence-electron chi connectivity index (χ3n) is 3.23. The second-order valence-electron chi connectivity index (χ2n) is 4.85. The fourth-order valence-corrected chi connectivity index (χ4v) is 2.53. The van der Waals surface area contributed by atoms with Crippen LogP contribution in [0.4, 0.5) is 5.82 Å². The minimum Gasteiger partial charge on any atom is -0.393 e. The molecule has 2 atom stereocenters. The van der Waals surface area contributed by atoms with E-state index < -0.39 is 0 Å². The number of nitrogens with one attached hydrogen (secondary N) is 2. The van der Waals surface area contributed by atoms with Crippen LogP contribution in [-0.2, 0) is 0 Å². The molecule has 1 aliphatic rings. The zero-order chi connectivity index (χ0) is 15.1. The lowest BCUT2D eigenvalue weighted by molar-refractivity contribution is 0.178. The van der Waals surface area contributed by atoms with Crippen molar-refractivity contribution in [2.45, 2.75) is 25.4 Å². The lowest BCUT2D eigenvalue weighted by atomic mass is 10.1. The molecule has 6 nitrogen and oxygen atoms in total. The van der Waals surface area contributed by atoms with Crippen molar-refractivity contribution in [3.8, 4) is 0 Å². The summed E-state index contributed by atoms with van der Waals surface area (Å²) in [4.78, 5) is 4.21. The third-order valence-corrected chi connectivity index (χ3v) is 4.40. The zero-order valence-corrected chi connectivity index (χ0v) is 13.7. The molecule has 3 rings (SSSR count). The average Bonchev–Trinajstić information content (AvgIpc) is 3.15. The Bertz CT molecular complexity index is 522. The van der Waals surface area contributed by atoms with E-state index in [0.29, 0.717) is 10.9 Å². The minimum absolute atomic E-state index is 0.117. The summed E-state index contributed by atoms with van der Waals surface area (Å²) in [5, 5.41) is 22.6. The van der Waals surface area contributed by atoms with Gasteiger partial charge in [-0.1, -0.05) is 11.6 Å². The fraction of sp³-hybridized carbons (Fsp3) is 0.462. The van der Waals surface area contributed by atoms with Gasteiger partial charge >= 0.3 is 0 Å². The van der Waals surface area contributed by atoms with Crippen LogP contribution in [0.5, 0.6) is 0 Å². The third kappa shape index (κ3) is 5.61. The molecule has 1 saturated carbocycles. The molecular weight excluding hydrogens is 358 g/mol. The standard InChI is InChI=1S/C11H14BrClN2O.C2H3N3/c12-9-6-15-11(4-10(9)13)14-5-7-1-2-8(16)3-7;1-2-4-5-3-1/h4,6-8,16H,1-3,5H2,(H,14,15);1-2H,(H,3,4,5). The van der Waals surface area contributed by atoms with Crippen LogP contribution < -0.4 is 5.32 Å². The number of aliphatic hydroxyl groups is 1. The minimum atomic E-state index is -0.117. The van der Waals surface area contributed by atoms with Gasteiger partial charge in [-0.3, -0.25) is 0 Å². The normalized spacial score (nSPS) is 20.7. The van der Waals surface area contributed by atoms with Gasteiger partial charge in [0.15, 0.2) is 0 Å². The summed E-state index contributed by atoms with van der Waals surface area (Å²) >= 11 is 9.26. The molecule has 3 N–H and O–H groups in total. The van der Waals surface area contributed by atoms with Crippen LogP contribution in [-0.4, -0.2) is 38.1 Å². The van der Waals surface area contributed by atoms with Gasteiger partial charge in [0.1, 0.15) is 5.82 Å². The Balaban J connectivity index is 0.000000272. The zero-order valence-electron chi connectivity index (χ0n) is 11.3. The van der Waals surface area contributed by atoms with Gasteiger partial charge in [-0.15, -0.1) is 0 Å². The SMILES string of the molecule is OC1CCC(CNc2cc(Cl)c(Br)cn2)C1.c1cn[nH]n1. The largest absolute Gasteiger partial charge is 0.393 e. The quantitative estimate of drug-likeness (QED) is 0.769. The van der Waals surface area contributed by atoms with Gasteiger partial charge in [0.05, 0.1) is 28.0 Å². The van der Waals surface area contributed by atoms with Gasteiger partial charge in [0, 0.05) is 18.8 Å². The number of pyridine rings is 1. The van der Waals surface area contributed by atoms with Gasteiger partial charge in [-0.25, -0.2) is 4.98 Å². The van der Waals surface area contributed by atoms with Crippen LogP contribution >= 0.6 is 27.5 Å². The molecular formula is C13H17BrClN5O. The monoisotopic (exact) mass is 373 g/mol. The van der Waals surface area contributed by atoms with Crippen molar-refractivity contribution in [2.75, 3.05) is 11.9 Å². The predicted octanol–water partition coefficient (Wildman–Crippen LogP) is 2.88. The highest BCUT2D eigenvalue weighted by Crippen LogP contribution is 2.27. The Kier molecular flexibility index (Phi) is 6.41. The van der Waals surface area contributed by atoms with E-state index in [-0.39, 0.29) is 6.10 Å². The molecule has 0 radical (unpaired) electrons. The Morgan fingerprint density at radius 3 is 2.67 bits per heavy atom. The summed E-state index contributed by atoms with van der Waals surface area (Å²) in [5.74, 6) is 1.33. The summed E-state index contributed by atoms with van der Waals surface area (Å²) in [6, 6.07) is 1.80. The molecule has 0 spiro atoms. The maximum Gasteiger partial charge on any atom is 0.127 e. The summed E-state index contributed by atoms with van der Waals surface area (Å²) in [6.07, 6.45) is 7.62. The fourth-order valence-electron chi connectivity index (χ4n) is 2.16. The first-order valence-corrected chi connectivity index (χ1v) is 7.85. The highest BCUT2D eigenvalue weighted by Gasteiger charge is 2.22. The van der Waals surface area contributed by atoms with Crippen molar-refractivity contribution < 1.29 is 5.11 Å². The first-order valence-electron chi connectivity index (χ1n) is 6.68. The van der Waals surface area contributed by atoms with Gasteiger partial charge in [-0.2, -0.15) is 15.4 Å². The molecule has 8 heteroatoms. The number of aliphatic hydroxyl groups excluding tert-OH is 1. The van der Waals surface area contributed by atoms with Gasteiger partial charge in [0.2, 0.25) is 0 Å². The molecule has 2 unspecified atom stereocenters. The Hall–Kier alpha value is -1.18. The van der Waals surface area contributed by atoms with Crippen molar-refractivity contribution in [3.05, 3.63) is 34.2 Å². The lowest BCUT2D eigenvalue weighted by Gasteiger charge is -2.11.